The second-order valence-electron chi connectivity index (χ2n) is 4.43. The number of anilines is 1. The fourth-order valence-electron chi connectivity index (χ4n) is 2.70. The first kappa shape index (κ1) is 8.93. The summed E-state index contributed by atoms with van der Waals surface area (Å²) in [4.78, 5) is 4.22. The van der Waals surface area contributed by atoms with E-state index in [4.69, 9.17) is 0 Å². The highest BCUT2D eigenvalue weighted by molar-refractivity contribution is 6.11. The monoisotopic (exact) mass is 221 g/mol. The molecule has 4 rings (SSSR count). The normalized spacial score (nSPS) is 15.4. The molecule has 2 aliphatic rings. The molecule has 0 saturated heterocycles. The van der Waals surface area contributed by atoms with Crippen LogP contribution in [-0.4, -0.2) is 10.7 Å². The number of hydrazone groups is 1. The van der Waals surface area contributed by atoms with Crippen molar-refractivity contribution >= 4 is 11.4 Å². The fraction of sp³-hybridized carbons (Fsp3) is 0.143. The van der Waals surface area contributed by atoms with Crippen LogP contribution in [0, 0.1) is 0 Å². The molecule has 1 N–H and O–H groups in total. The Morgan fingerprint density at radius 2 is 2.06 bits per heavy atom. The number of rotatable bonds is 0. The SMILES string of the molecule is c1cc2c3c(c1)-c1cnccc1NN=C3CC2. The van der Waals surface area contributed by atoms with Gasteiger partial charge >= 0.3 is 0 Å². The van der Waals surface area contributed by atoms with E-state index in [-0.39, 0.29) is 0 Å². The molecular weight excluding hydrogens is 210 g/mol. The molecule has 3 heteroatoms. The predicted octanol–water partition coefficient (Wildman–Crippen LogP) is 2.82. The smallest absolute Gasteiger partial charge is 0.0691 e. The molecule has 0 saturated carbocycles. The molecule has 1 aliphatic heterocycles. The maximum atomic E-state index is 4.52. The zero-order chi connectivity index (χ0) is 11.2. The number of hydrogen-bond donors (Lipinski definition) is 1. The van der Waals surface area contributed by atoms with Crippen molar-refractivity contribution in [3.05, 3.63) is 47.8 Å². The average Bonchev–Trinajstić information content (AvgIpc) is 2.72. The fourth-order valence-corrected chi connectivity index (χ4v) is 2.70. The van der Waals surface area contributed by atoms with E-state index in [1.807, 2.05) is 12.3 Å². The molecule has 17 heavy (non-hydrogen) atoms. The van der Waals surface area contributed by atoms with E-state index < -0.39 is 0 Å². The van der Waals surface area contributed by atoms with Crippen molar-refractivity contribution in [2.24, 2.45) is 5.10 Å². The van der Waals surface area contributed by atoms with Gasteiger partial charge in [-0.3, -0.25) is 10.4 Å². The molecule has 0 bridgehead atoms. The van der Waals surface area contributed by atoms with E-state index >= 15 is 0 Å². The summed E-state index contributed by atoms with van der Waals surface area (Å²) in [6.07, 6.45) is 5.83. The Bertz CT molecular complexity index is 644. The van der Waals surface area contributed by atoms with Crippen LogP contribution in [0.4, 0.5) is 5.69 Å². The number of pyridine rings is 1. The Morgan fingerprint density at radius 3 is 3.06 bits per heavy atom. The van der Waals surface area contributed by atoms with E-state index in [1.165, 1.54) is 22.4 Å². The van der Waals surface area contributed by atoms with Crippen LogP contribution in [0.5, 0.6) is 0 Å². The second kappa shape index (κ2) is 3.17. The first-order valence-corrected chi connectivity index (χ1v) is 5.83. The zero-order valence-electron chi connectivity index (χ0n) is 9.27. The second-order valence-corrected chi connectivity index (χ2v) is 4.43. The highest BCUT2D eigenvalue weighted by Gasteiger charge is 2.24. The summed E-state index contributed by atoms with van der Waals surface area (Å²) >= 11 is 0. The van der Waals surface area contributed by atoms with E-state index in [0.717, 1.165) is 24.1 Å². The topological polar surface area (TPSA) is 37.3 Å². The molecule has 0 unspecified atom stereocenters. The van der Waals surface area contributed by atoms with Crippen LogP contribution >= 0.6 is 0 Å². The molecule has 2 heterocycles. The number of hydrogen-bond acceptors (Lipinski definition) is 3. The number of aryl methyl sites for hydroxylation is 1. The molecule has 0 fully saturated rings. The van der Waals surface area contributed by atoms with Gasteiger partial charge in [0, 0.05) is 23.5 Å². The van der Waals surface area contributed by atoms with Gasteiger partial charge in [0.25, 0.3) is 0 Å². The van der Waals surface area contributed by atoms with Crippen molar-refractivity contribution in [3.8, 4) is 11.1 Å². The maximum Gasteiger partial charge on any atom is 0.0691 e. The van der Waals surface area contributed by atoms with Crippen LogP contribution in [0.25, 0.3) is 11.1 Å². The van der Waals surface area contributed by atoms with Crippen molar-refractivity contribution in [1.29, 1.82) is 0 Å². The molecule has 2 aromatic rings. The Hall–Kier alpha value is -2.16. The number of benzene rings is 1. The molecule has 1 aliphatic carbocycles. The highest BCUT2D eigenvalue weighted by atomic mass is 15.3. The highest BCUT2D eigenvalue weighted by Crippen LogP contribution is 2.37. The lowest BCUT2D eigenvalue weighted by Gasteiger charge is -2.08. The molecule has 1 aromatic carbocycles. The maximum absolute atomic E-state index is 4.52. The largest absolute Gasteiger partial charge is 0.277 e. The lowest BCUT2D eigenvalue weighted by Crippen LogP contribution is -1.97. The number of nitrogens with one attached hydrogen (secondary N) is 1. The Kier molecular flexibility index (Phi) is 1.66. The molecule has 0 spiro atoms. The van der Waals surface area contributed by atoms with Crippen molar-refractivity contribution in [3.63, 3.8) is 0 Å². The first-order valence-electron chi connectivity index (χ1n) is 5.83. The van der Waals surface area contributed by atoms with Crippen LogP contribution in [0.1, 0.15) is 17.5 Å². The minimum absolute atomic E-state index is 1.03. The summed E-state index contributed by atoms with van der Waals surface area (Å²) in [6, 6.07) is 8.45. The number of aromatic nitrogens is 1. The predicted molar refractivity (Wildman–Crippen MR) is 68.2 cm³/mol. The van der Waals surface area contributed by atoms with Crippen LogP contribution < -0.4 is 5.43 Å². The third kappa shape index (κ3) is 1.16. The quantitative estimate of drug-likeness (QED) is 0.742. The van der Waals surface area contributed by atoms with Crippen molar-refractivity contribution in [2.75, 3.05) is 5.43 Å². The molecule has 3 nitrogen and oxygen atoms in total. The number of fused-ring (bicyclic) bond motifs is 2. The van der Waals surface area contributed by atoms with E-state index in [9.17, 15) is 0 Å². The third-order valence-corrected chi connectivity index (χ3v) is 3.49. The Morgan fingerprint density at radius 1 is 1.06 bits per heavy atom. The first-order chi connectivity index (χ1) is 8.43. The summed E-state index contributed by atoms with van der Waals surface area (Å²) in [5, 5.41) is 4.52. The summed E-state index contributed by atoms with van der Waals surface area (Å²) in [5.41, 5.74) is 10.5. The van der Waals surface area contributed by atoms with Gasteiger partial charge in [0.1, 0.15) is 0 Å². The van der Waals surface area contributed by atoms with Gasteiger partial charge in [-0.25, -0.2) is 0 Å². The lowest BCUT2D eigenvalue weighted by atomic mass is 9.97. The summed E-state index contributed by atoms with van der Waals surface area (Å²) in [5.74, 6) is 0. The lowest BCUT2D eigenvalue weighted by molar-refractivity contribution is 1.09. The summed E-state index contributed by atoms with van der Waals surface area (Å²) < 4.78 is 0. The third-order valence-electron chi connectivity index (χ3n) is 3.49. The summed E-state index contributed by atoms with van der Waals surface area (Å²) in [6.45, 7) is 0. The van der Waals surface area contributed by atoms with E-state index in [0.29, 0.717) is 0 Å². The van der Waals surface area contributed by atoms with Gasteiger partial charge in [-0.1, -0.05) is 18.2 Å². The van der Waals surface area contributed by atoms with Gasteiger partial charge in [-0.05, 0) is 30.0 Å². The van der Waals surface area contributed by atoms with Gasteiger partial charge in [0.15, 0.2) is 0 Å². The Labute approximate surface area is 99.2 Å². The molecular formula is C14H11N3. The van der Waals surface area contributed by atoms with Crippen molar-refractivity contribution < 1.29 is 0 Å². The van der Waals surface area contributed by atoms with Gasteiger partial charge < -0.3 is 0 Å². The van der Waals surface area contributed by atoms with Gasteiger partial charge in [0.05, 0.1) is 11.4 Å². The minimum atomic E-state index is 1.03. The van der Waals surface area contributed by atoms with Gasteiger partial charge in [0.2, 0.25) is 0 Å². The van der Waals surface area contributed by atoms with Crippen molar-refractivity contribution in [2.45, 2.75) is 12.8 Å². The molecule has 82 valence electrons. The summed E-state index contributed by atoms with van der Waals surface area (Å²) in [7, 11) is 0. The van der Waals surface area contributed by atoms with E-state index in [1.54, 1.807) is 6.20 Å². The van der Waals surface area contributed by atoms with Gasteiger partial charge in [-0.2, -0.15) is 5.10 Å². The molecule has 0 amide bonds. The zero-order valence-corrected chi connectivity index (χ0v) is 9.27. The standard InChI is InChI=1S/C14H11N3/c1-2-9-4-5-13-14(9)10(3-1)11-8-15-7-6-12(11)16-17-13/h1-3,6-8,16H,4-5H2. The average molecular weight is 221 g/mol. The Balaban J connectivity index is 2.11. The van der Waals surface area contributed by atoms with Crippen LogP contribution in [-0.2, 0) is 6.42 Å². The van der Waals surface area contributed by atoms with Crippen molar-refractivity contribution in [1.82, 2.24) is 4.98 Å². The molecule has 0 atom stereocenters. The van der Waals surface area contributed by atoms with Crippen LogP contribution in [0.15, 0.2) is 41.8 Å². The van der Waals surface area contributed by atoms with Gasteiger partial charge in [-0.15, -0.1) is 0 Å². The van der Waals surface area contributed by atoms with E-state index in [2.05, 4.69) is 33.7 Å². The molecule has 1 aromatic heterocycles. The van der Waals surface area contributed by atoms with Crippen LogP contribution in [0.3, 0.4) is 0 Å². The van der Waals surface area contributed by atoms with Crippen LogP contribution in [0.2, 0.25) is 0 Å². The molecule has 0 radical (unpaired) electrons. The number of nitrogens with zero attached hydrogens (tertiary/aromatic N) is 2. The minimum Gasteiger partial charge on any atom is -0.277 e.